The van der Waals surface area contributed by atoms with Crippen LogP contribution in [0.5, 0.6) is 0 Å². The lowest BCUT2D eigenvalue weighted by Crippen LogP contribution is -2.38. The van der Waals surface area contributed by atoms with Crippen LogP contribution in [0.2, 0.25) is 0 Å². The average Bonchev–Trinajstić information content (AvgIpc) is 3.33. The van der Waals surface area contributed by atoms with Gasteiger partial charge in [0, 0.05) is 18.5 Å². The van der Waals surface area contributed by atoms with Crippen molar-refractivity contribution in [3.05, 3.63) is 30.6 Å². The van der Waals surface area contributed by atoms with Crippen molar-refractivity contribution < 1.29 is 18.7 Å². The van der Waals surface area contributed by atoms with Gasteiger partial charge in [0.15, 0.2) is 11.7 Å². The summed E-state index contributed by atoms with van der Waals surface area (Å²) in [5.41, 5.74) is 1.99. The smallest absolute Gasteiger partial charge is 0.317 e. The molecule has 2 aromatic heterocycles. The molecule has 1 amide bonds. The lowest BCUT2D eigenvalue weighted by atomic mass is 10.2. The molecular weight excluding hydrogens is 366 g/mol. The summed E-state index contributed by atoms with van der Waals surface area (Å²) in [5, 5.41) is 1.48. The fourth-order valence-corrected chi connectivity index (χ4v) is 3.92. The van der Waals surface area contributed by atoms with E-state index in [1.54, 1.807) is 11.8 Å². The molecule has 7 nitrogen and oxygen atoms in total. The van der Waals surface area contributed by atoms with Crippen molar-refractivity contribution in [2.24, 2.45) is 0 Å². The highest BCUT2D eigenvalue weighted by Crippen LogP contribution is 2.32. The van der Waals surface area contributed by atoms with Gasteiger partial charge in [0.25, 0.3) is 5.91 Å². The predicted octanol–water partition coefficient (Wildman–Crippen LogP) is 3.02. The van der Waals surface area contributed by atoms with Crippen molar-refractivity contribution in [2.75, 3.05) is 18.8 Å². The summed E-state index contributed by atoms with van der Waals surface area (Å²) in [4.78, 5) is 34.7. The predicted molar refractivity (Wildman–Crippen MR) is 101 cm³/mol. The number of carbonyl (C=O) groups is 2. The van der Waals surface area contributed by atoms with E-state index in [0.29, 0.717) is 16.1 Å². The number of amides is 1. The molecule has 1 fully saturated rings. The van der Waals surface area contributed by atoms with E-state index in [2.05, 4.69) is 9.97 Å². The Labute approximate surface area is 160 Å². The first-order valence-electron chi connectivity index (χ1n) is 8.87. The minimum atomic E-state index is -0.771. The van der Waals surface area contributed by atoms with Crippen LogP contribution in [0.1, 0.15) is 19.8 Å². The third-order valence-electron chi connectivity index (χ3n) is 4.53. The van der Waals surface area contributed by atoms with E-state index in [1.807, 2.05) is 24.3 Å². The molecule has 4 rings (SSSR count). The zero-order valence-corrected chi connectivity index (χ0v) is 15.7. The Balaban J connectivity index is 1.42. The highest BCUT2D eigenvalue weighted by Gasteiger charge is 2.26. The summed E-state index contributed by atoms with van der Waals surface area (Å²) in [6, 6.07) is 7.61. The van der Waals surface area contributed by atoms with Crippen molar-refractivity contribution >= 4 is 45.7 Å². The van der Waals surface area contributed by atoms with Crippen molar-refractivity contribution in [1.82, 2.24) is 14.9 Å². The molecule has 0 saturated carbocycles. The summed E-state index contributed by atoms with van der Waals surface area (Å²) in [6.45, 7) is 3.09. The molecule has 1 aliphatic rings. The summed E-state index contributed by atoms with van der Waals surface area (Å²) in [6.07, 6.45) is 2.69. The summed E-state index contributed by atoms with van der Waals surface area (Å²) >= 11 is 1.21. The maximum absolute atomic E-state index is 12.2. The third-order valence-corrected chi connectivity index (χ3v) is 5.47. The number of nitrogens with zero attached hydrogens (tertiary/aromatic N) is 3. The number of furan rings is 1. The highest BCUT2D eigenvalue weighted by atomic mass is 32.2. The SMILES string of the molecule is CC(OC(=O)CSc1ncnc2c1oc1ccccc12)C(=O)N1CCCC1. The summed E-state index contributed by atoms with van der Waals surface area (Å²) in [7, 11) is 0. The molecule has 1 aliphatic heterocycles. The van der Waals surface area contributed by atoms with Crippen LogP contribution in [-0.2, 0) is 14.3 Å². The van der Waals surface area contributed by atoms with Gasteiger partial charge >= 0.3 is 5.97 Å². The van der Waals surface area contributed by atoms with E-state index in [9.17, 15) is 9.59 Å². The Kier molecular flexibility index (Phi) is 4.98. The number of fused-ring (bicyclic) bond motifs is 3. The van der Waals surface area contributed by atoms with Crippen LogP contribution in [-0.4, -0.2) is 51.7 Å². The zero-order chi connectivity index (χ0) is 18.8. The first-order chi connectivity index (χ1) is 13.1. The fourth-order valence-electron chi connectivity index (χ4n) is 3.21. The van der Waals surface area contributed by atoms with E-state index < -0.39 is 12.1 Å². The number of carbonyl (C=O) groups excluding carboxylic acids is 2. The normalized spacial score (nSPS) is 15.4. The third kappa shape index (κ3) is 3.62. The molecule has 1 atom stereocenters. The molecule has 1 unspecified atom stereocenters. The van der Waals surface area contributed by atoms with Crippen LogP contribution in [0.4, 0.5) is 0 Å². The van der Waals surface area contributed by atoms with Gasteiger partial charge in [-0.25, -0.2) is 9.97 Å². The van der Waals surface area contributed by atoms with E-state index in [0.717, 1.165) is 36.9 Å². The molecule has 8 heteroatoms. The van der Waals surface area contributed by atoms with Gasteiger partial charge in [0.1, 0.15) is 22.5 Å². The number of rotatable bonds is 5. The van der Waals surface area contributed by atoms with Gasteiger partial charge < -0.3 is 14.1 Å². The molecule has 27 heavy (non-hydrogen) atoms. The highest BCUT2D eigenvalue weighted by molar-refractivity contribution is 8.00. The second kappa shape index (κ2) is 7.56. The fraction of sp³-hybridized carbons (Fsp3) is 0.368. The van der Waals surface area contributed by atoms with Gasteiger partial charge in [-0.15, -0.1) is 0 Å². The van der Waals surface area contributed by atoms with E-state index in [-0.39, 0.29) is 11.7 Å². The number of ether oxygens (including phenoxy) is 1. The minimum Gasteiger partial charge on any atom is -0.452 e. The number of hydrogen-bond donors (Lipinski definition) is 0. The van der Waals surface area contributed by atoms with Gasteiger partial charge in [-0.1, -0.05) is 23.9 Å². The molecule has 1 aromatic carbocycles. The molecule has 0 spiro atoms. The second-order valence-electron chi connectivity index (χ2n) is 6.41. The molecule has 0 bridgehead atoms. The molecular formula is C19H19N3O4S. The van der Waals surface area contributed by atoms with Gasteiger partial charge in [-0.2, -0.15) is 0 Å². The maximum atomic E-state index is 12.2. The number of likely N-dealkylation sites (tertiary alicyclic amines) is 1. The number of esters is 1. The van der Waals surface area contributed by atoms with Crippen molar-refractivity contribution in [3.63, 3.8) is 0 Å². The quantitative estimate of drug-likeness (QED) is 0.379. The van der Waals surface area contributed by atoms with Gasteiger partial charge in [0.05, 0.1) is 5.75 Å². The van der Waals surface area contributed by atoms with Gasteiger partial charge in [0.2, 0.25) is 0 Å². The van der Waals surface area contributed by atoms with Crippen LogP contribution < -0.4 is 0 Å². The largest absolute Gasteiger partial charge is 0.452 e. The van der Waals surface area contributed by atoms with Crippen LogP contribution in [0.15, 0.2) is 40.0 Å². The zero-order valence-electron chi connectivity index (χ0n) is 14.9. The Morgan fingerprint density at radius 1 is 1.26 bits per heavy atom. The minimum absolute atomic E-state index is 0.0424. The standard InChI is InChI=1S/C19H19N3O4S/c1-12(19(24)22-8-4-5-9-22)25-15(23)10-27-18-17-16(20-11-21-18)13-6-2-3-7-14(13)26-17/h2-3,6-7,11-12H,4-5,8-10H2,1H3. The van der Waals surface area contributed by atoms with Gasteiger partial charge in [-0.3, -0.25) is 9.59 Å². The monoisotopic (exact) mass is 385 g/mol. The number of hydrogen-bond acceptors (Lipinski definition) is 7. The van der Waals surface area contributed by atoms with Crippen LogP contribution in [0.3, 0.4) is 0 Å². The summed E-state index contributed by atoms with van der Waals surface area (Å²) < 4.78 is 11.1. The van der Waals surface area contributed by atoms with Crippen LogP contribution in [0, 0.1) is 0 Å². The first-order valence-corrected chi connectivity index (χ1v) is 9.85. The molecule has 3 aromatic rings. The maximum Gasteiger partial charge on any atom is 0.317 e. The average molecular weight is 385 g/mol. The van der Waals surface area contributed by atoms with Crippen LogP contribution in [0.25, 0.3) is 22.1 Å². The molecule has 0 N–H and O–H groups in total. The Bertz CT molecular complexity index is 997. The van der Waals surface area contributed by atoms with Crippen molar-refractivity contribution in [3.8, 4) is 0 Å². The van der Waals surface area contributed by atoms with E-state index in [1.165, 1.54) is 18.1 Å². The van der Waals surface area contributed by atoms with Crippen molar-refractivity contribution in [2.45, 2.75) is 30.9 Å². The van der Waals surface area contributed by atoms with Crippen molar-refractivity contribution in [1.29, 1.82) is 0 Å². The number of benzene rings is 1. The van der Waals surface area contributed by atoms with Crippen LogP contribution >= 0.6 is 11.8 Å². The number of aromatic nitrogens is 2. The molecule has 0 aliphatic carbocycles. The molecule has 3 heterocycles. The number of para-hydroxylation sites is 1. The molecule has 140 valence electrons. The van der Waals surface area contributed by atoms with Gasteiger partial charge in [-0.05, 0) is 31.9 Å². The first kappa shape index (κ1) is 17.8. The van der Waals surface area contributed by atoms with E-state index in [4.69, 9.17) is 9.15 Å². The number of thioether (sulfide) groups is 1. The molecule has 0 radical (unpaired) electrons. The Morgan fingerprint density at radius 3 is 2.85 bits per heavy atom. The Hall–Kier alpha value is -2.61. The lowest BCUT2D eigenvalue weighted by molar-refractivity contribution is -0.156. The second-order valence-corrected chi connectivity index (χ2v) is 7.37. The topological polar surface area (TPSA) is 85.5 Å². The lowest BCUT2D eigenvalue weighted by Gasteiger charge is -2.20. The summed E-state index contributed by atoms with van der Waals surface area (Å²) in [5.74, 6) is -0.545. The Morgan fingerprint density at radius 2 is 2.04 bits per heavy atom. The molecule has 1 saturated heterocycles. The van der Waals surface area contributed by atoms with E-state index >= 15 is 0 Å².